The molecule has 2 aromatic rings. The number of nitrogens with zero attached hydrogens (tertiary/aromatic N) is 1. The van der Waals surface area contributed by atoms with Crippen LogP contribution in [-0.2, 0) is 0 Å². The van der Waals surface area contributed by atoms with Gasteiger partial charge in [-0.05, 0) is 30.3 Å². The van der Waals surface area contributed by atoms with Crippen LogP contribution in [0.15, 0.2) is 42.5 Å². The van der Waals surface area contributed by atoms with E-state index in [1.54, 1.807) is 6.07 Å². The van der Waals surface area contributed by atoms with E-state index >= 15 is 0 Å². The van der Waals surface area contributed by atoms with E-state index < -0.39 is 0 Å². The number of fused-ring (bicyclic) bond motifs is 2. The maximum absolute atomic E-state index is 12.5. The van der Waals surface area contributed by atoms with Gasteiger partial charge in [0, 0.05) is 18.5 Å². The summed E-state index contributed by atoms with van der Waals surface area (Å²) >= 11 is 0. The third kappa shape index (κ3) is 2.89. The van der Waals surface area contributed by atoms with Crippen LogP contribution in [0.4, 0.5) is 5.69 Å². The van der Waals surface area contributed by atoms with E-state index in [9.17, 15) is 4.79 Å². The number of benzene rings is 2. The second-order valence-corrected chi connectivity index (χ2v) is 5.83. The van der Waals surface area contributed by atoms with Gasteiger partial charge in [-0.1, -0.05) is 12.1 Å². The van der Waals surface area contributed by atoms with Crippen molar-refractivity contribution in [2.75, 3.05) is 37.8 Å². The molecule has 124 valence electrons. The van der Waals surface area contributed by atoms with Crippen molar-refractivity contribution in [2.24, 2.45) is 0 Å². The van der Waals surface area contributed by atoms with Gasteiger partial charge in [0.05, 0.1) is 12.2 Å². The van der Waals surface area contributed by atoms with Crippen molar-refractivity contribution in [3.8, 4) is 17.2 Å². The zero-order chi connectivity index (χ0) is 16.4. The van der Waals surface area contributed by atoms with Crippen molar-refractivity contribution in [1.82, 2.24) is 0 Å². The second kappa shape index (κ2) is 6.43. The van der Waals surface area contributed by atoms with Gasteiger partial charge in [0.1, 0.15) is 25.6 Å². The normalized spacial score (nSPS) is 15.4. The Hall–Kier alpha value is -2.69. The molecule has 0 unspecified atom stereocenters. The number of anilines is 1. The summed E-state index contributed by atoms with van der Waals surface area (Å²) in [5, 5.41) is 0. The highest BCUT2D eigenvalue weighted by Gasteiger charge is 2.19. The van der Waals surface area contributed by atoms with Crippen LogP contribution in [0, 0.1) is 0 Å². The summed E-state index contributed by atoms with van der Waals surface area (Å²) in [4.78, 5) is 14.7. The van der Waals surface area contributed by atoms with Gasteiger partial charge in [-0.25, -0.2) is 0 Å². The minimum Gasteiger partial charge on any atom is -0.490 e. The lowest BCUT2D eigenvalue weighted by molar-refractivity contribution is 0.0982. The number of ether oxygens (including phenoxy) is 3. The molecule has 0 saturated carbocycles. The van der Waals surface area contributed by atoms with Crippen molar-refractivity contribution in [1.29, 1.82) is 0 Å². The fraction of sp³-hybridized carbons (Fsp3) is 0.316. The van der Waals surface area contributed by atoms with Gasteiger partial charge in [0.25, 0.3) is 0 Å². The van der Waals surface area contributed by atoms with Gasteiger partial charge in [-0.2, -0.15) is 0 Å². The third-order valence-electron chi connectivity index (χ3n) is 4.30. The predicted octanol–water partition coefficient (Wildman–Crippen LogP) is 2.93. The third-order valence-corrected chi connectivity index (χ3v) is 4.30. The largest absolute Gasteiger partial charge is 0.490 e. The van der Waals surface area contributed by atoms with Crippen LogP contribution in [0.2, 0.25) is 0 Å². The van der Waals surface area contributed by atoms with E-state index in [0.717, 1.165) is 18.0 Å². The Bertz CT molecular complexity index is 759. The number of hydrogen-bond donors (Lipinski definition) is 0. The number of para-hydroxylation sites is 2. The molecule has 0 amide bonds. The number of Topliss-reactive ketones (excluding diaryl/α,β-unsaturated/α-hetero) is 1. The molecule has 0 saturated heterocycles. The van der Waals surface area contributed by atoms with Crippen LogP contribution in [0.3, 0.4) is 0 Å². The first-order valence-electron chi connectivity index (χ1n) is 8.21. The molecule has 0 radical (unpaired) electrons. The zero-order valence-electron chi connectivity index (χ0n) is 13.4. The van der Waals surface area contributed by atoms with Gasteiger partial charge >= 0.3 is 0 Å². The lowest BCUT2D eigenvalue weighted by Gasteiger charge is -2.31. The predicted molar refractivity (Wildman–Crippen MR) is 90.5 cm³/mol. The smallest absolute Gasteiger partial charge is 0.164 e. The van der Waals surface area contributed by atoms with E-state index in [1.807, 2.05) is 36.4 Å². The van der Waals surface area contributed by atoms with Crippen LogP contribution in [-0.4, -0.2) is 38.7 Å². The molecular formula is C19H19NO4. The van der Waals surface area contributed by atoms with E-state index in [0.29, 0.717) is 49.8 Å². The molecule has 2 aromatic carbocycles. The molecule has 0 fully saturated rings. The molecule has 24 heavy (non-hydrogen) atoms. The van der Waals surface area contributed by atoms with Gasteiger partial charge < -0.3 is 19.1 Å². The molecule has 5 heteroatoms. The number of ketones is 1. The molecule has 2 aliphatic heterocycles. The number of carbonyl (C=O) groups excluding carboxylic acids is 1. The molecule has 0 aromatic heterocycles. The molecule has 4 rings (SSSR count). The summed E-state index contributed by atoms with van der Waals surface area (Å²) in [6.07, 6.45) is 0.452. The average Bonchev–Trinajstić information content (AvgIpc) is 2.65. The summed E-state index contributed by atoms with van der Waals surface area (Å²) in [5.41, 5.74) is 1.72. The first kappa shape index (κ1) is 14.9. The highest BCUT2D eigenvalue weighted by Crippen LogP contribution is 2.32. The Morgan fingerprint density at radius 1 is 0.917 bits per heavy atom. The van der Waals surface area contributed by atoms with E-state index in [-0.39, 0.29) is 5.78 Å². The highest BCUT2D eigenvalue weighted by molar-refractivity contribution is 5.97. The number of hydrogen-bond acceptors (Lipinski definition) is 5. The van der Waals surface area contributed by atoms with E-state index in [1.165, 1.54) is 0 Å². The SMILES string of the molecule is O=C(CCN1CCOc2ccccc21)c1ccc2c(c1)OCCO2. The van der Waals surface area contributed by atoms with Crippen LogP contribution < -0.4 is 19.1 Å². The maximum atomic E-state index is 12.5. The molecule has 0 N–H and O–H groups in total. The minimum absolute atomic E-state index is 0.107. The summed E-state index contributed by atoms with van der Waals surface area (Å²) in [5.74, 6) is 2.36. The van der Waals surface area contributed by atoms with E-state index in [2.05, 4.69) is 4.90 Å². The number of rotatable bonds is 4. The Labute approximate surface area is 140 Å². The van der Waals surface area contributed by atoms with Crippen molar-refractivity contribution in [2.45, 2.75) is 6.42 Å². The molecule has 0 spiro atoms. The standard InChI is InChI=1S/C19H19NO4/c21-16(14-5-6-18-19(13-14)24-12-11-23-18)7-8-20-9-10-22-17-4-2-1-3-15(17)20/h1-6,13H,7-12H2. The summed E-state index contributed by atoms with van der Waals surface area (Å²) in [6, 6.07) is 13.3. The van der Waals surface area contributed by atoms with Gasteiger partial charge in [0.2, 0.25) is 0 Å². The van der Waals surface area contributed by atoms with Gasteiger partial charge in [-0.15, -0.1) is 0 Å². The zero-order valence-corrected chi connectivity index (χ0v) is 13.4. The molecule has 0 bridgehead atoms. The first-order chi connectivity index (χ1) is 11.8. The fourth-order valence-electron chi connectivity index (χ4n) is 3.06. The van der Waals surface area contributed by atoms with Gasteiger partial charge in [0.15, 0.2) is 17.3 Å². The van der Waals surface area contributed by atoms with Crippen molar-refractivity contribution < 1.29 is 19.0 Å². The molecule has 5 nitrogen and oxygen atoms in total. The lowest BCUT2D eigenvalue weighted by Crippen LogP contribution is -2.34. The van der Waals surface area contributed by atoms with Crippen molar-refractivity contribution >= 4 is 11.5 Å². The lowest BCUT2D eigenvalue weighted by atomic mass is 10.1. The Morgan fingerprint density at radius 2 is 1.71 bits per heavy atom. The first-order valence-corrected chi connectivity index (χ1v) is 8.21. The molecule has 2 aliphatic rings. The van der Waals surface area contributed by atoms with Gasteiger partial charge in [-0.3, -0.25) is 4.79 Å². The molecular weight excluding hydrogens is 306 g/mol. The Morgan fingerprint density at radius 3 is 2.62 bits per heavy atom. The van der Waals surface area contributed by atoms with Crippen LogP contribution in [0.25, 0.3) is 0 Å². The van der Waals surface area contributed by atoms with Crippen LogP contribution >= 0.6 is 0 Å². The quantitative estimate of drug-likeness (QED) is 0.809. The minimum atomic E-state index is 0.107. The molecule has 0 aliphatic carbocycles. The molecule has 2 heterocycles. The molecule has 0 atom stereocenters. The van der Waals surface area contributed by atoms with Crippen LogP contribution in [0.1, 0.15) is 16.8 Å². The fourth-order valence-corrected chi connectivity index (χ4v) is 3.06. The highest BCUT2D eigenvalue weighted by atomic mass is 16.6. The second-order valence-electron chi connectivity index (χ2n) is 5.83. The average molecular weight is 325 g/mol. The topological polar surface area (TPSA) is 48.0 Å². The van der Waals surface area contributed by atoms with Crippen molar-refractivity contribution in [3.05, 3.63) is 48.0 Å². The Kier molecular flexibility index (Phi) is 3.99. The maximum Gasteiger partial charge on any atom is 0.164 e. The number of carbonyl (C=O) groups is 1. The summed E-state index contributed by atoms with van der Waals surface area (Å²) in [6.45, 7) is 3.19. The summed E-state index contributed by atoms with van der Waals surface area (Å²) in [7, 11) is 0. The Balaban J connectivity index is 1.44. The monoisotopic (exact) mass is 325 g/mol. The van der Waals surface area contributed by atoms with Crippen molar-refractivity contribution in [3.63, 3.8) is 0 Å². The van der Waals surface area contributed by atoms with E-state index in [4.69, 9.17) is 14.2 Å². The van der Waals surface area contributed by atoms with Crippen LogP contribution in [0.5, 0.6) is 17.2 Å². The summed E-state index contributed by atoms with van der Waals surface area (Å²) < 4.78 is 16.7.